The third kappa shape index (κ3) is 2.31. The minimum atomic E-state index is -0.308. The second-order valence-electron chi connectivity index (χ2n) is 5.09. The Labute approximate surface area is 107 Å². The van der Waals surface area contributed by atoms with Gasteiger partial charge in [0.15, 0.2) is 0 Å². The largest absolute Gasteiger partial charge is 0.363 e. The molecule has 1 aromatic carbocycles. The van der Waals surface area contributed by atoms with Crippen LogP contribution in [0.5, 0.6) is 0 Å². The van der Waals surface area contributed by atoms with Gasteiger partial charge in [-0.15, -0.1) is 0 Å². The molecular formula is C13H19N3O2. The molecule has 1 aliphatic heterocycles. The molecule has 5 heteroatoms. The smallest absolute Gasteiger partial charge is 0.292 e. The molecule has 0 aliphatic carbocycles. The zero-order valence-corrected chi connectivity index (χ0v) is 10.8. The second-order valence-corrected chi connectivity index (χ2v) is 5.09. The van der Waals surface area contributed by atoms with Gasteiger partial charge in [-0.25, -0.2) is 0 Å². The van der Waals surface area contributed by atoms with Crippen molar-refractivity contribution in [3.8, 4) is 0 Å². The number of hydrogen-bond acceptors (Lipinski definition) is 4. The first-order chi connectivity index (χ1) is 8.52. The Morgan fingerprint density at radius 3 is 2.83 bits per heavy atom. The molecule has 0 spiro atoms. The Balaban J connectivity index is 2.38. The molecule has 0 saturated carbocycles. The quantitative estimate of drug-likeness (QED) is 0.657. The van der Waals surface area contributed by atoms with Gasteiger partial charge in [-0.3, -0.25) is 10.1 Å². The summed E-state index contributed by atoms with van der Waals surface area (Å²) in [5.41, 5.74) is 7.65. The summed E-state index contributed by atoms with van der Waals surface area (Å²) in [5.74, 6) is 0.431. The summed E-state index contributed by atoms with van der Waals surface area (Å²) >= 11 is 0. The predicted molar refractivity (Wildman–Crippen MR) is 71.8 cm³/mol. The maximum absolute atomic E-state index is 11.1. The van der Waals surface area contributed by atoms with Crippen LogP contribution in [0, 0.1) is 23.0 Å². The highest BCUT2D eigenvalue weighted by atomic mass is 16.6. The van der Waals surface area contributed by atoms with Crippen LogP contribution >= 0.6 is 0 Å². The van der Waals surface area contributed by atoms with Gasteiger partial charge in [0.25, 0.3) is 5.69 Å². The molecule has 1 aliphatic rings. The highest BCUT2D eigenvalue weighted by Crippen LogP contribution is 2.35. The molecule has 0 radical (unpaired) electrons. The topological polar surface area (TPSA) is 72.4 Å². The van der Waals surface area contributed by atoms with E-state index in [4.69, 9.17) is 5.73 Å². The molecule has 98 valence electrons. The van der Waals surface area contributed by atoms with E-state index in [1.54, 1.807) is 12.1 Å². The Bertz CT molecular complexity index is 462. The van der Waals surface area contributed by atoms with E-state index in [-0.39, 0.29) is 10.6 Å². The molecular weight excluding hydrogens is 230 g/mol. The van der Waals surface area contributed by atoms with Crippen LogP contribution in [0.3, 0.4) is 0 Å². The van der Waals surface area contributed by atoms with E-state index in [9.17, 15) is 10.1 Å². The van der Waals surface area contributed by atoms with E-state index in [0.29, 0.717) is 18.5 Å². The molecule has 1 heterocycles. The van der Waals surface area contributed by atoms with Gasteiger partial charge in [-0.05, 0) is 44.4 Å². The van der Waals surface area contributed by atoms with Crippen LogP contribution in [-0.2, 0) is 0 Å². The highest BCUT2D eigenvalue weighted by Gasteiger charge is 2.32. The van der Waals surface area contributed by atoms with Gasteiger partial charge < -0.3 is 10.6 Å². The molecule has 2 rings (SSSR count). The van der Waals surface area contributed by atoms with E-state index >= 15 is 0 Å². The maximum Gasteiger partial charge on any atom is 0.292 e. The van der Waals surface area contributed by atoms with E-state index in [1.165, 1.54) is 0 Å². The Morgan fingerprint density at radius 2 is 2.28 bits per heavy atom. The van der Waals surface area contributed by atoms with Crippen molar-refractivity contribution in [2.24, 2.45) is 11.7 Å². The number of benzene rings is 1. The second kappa shape index (κ2) is 4.94. The molecule has 2 unspecified atom stereocenters. The molecule has 0 amide bonds. The van der Waals surface area contributed by atoms with Crippen LogP contribution in [-0.4, -0.2) is 24.1 Å². The third-order valence-electron chi connectivity index (χ3n) is 3.63. The van der Waals surface area contributed by atoms with E-state index < -0.39 is 0 Å². The first-order valence-electron chi connectivity index (χ1n) is 6.24. The molecule has 1 aromatic rings. The minimum Gasteiger partial charge on any atom is -0.363 e. The zero-order chi connectivity index (χ0) is 13.3. The first kappa shape index (κ1) is 12.8. The lowest BCUT2D eigenvalue weighted by atomic mass is 10.1. The van der Waals surface area contributed by atoms with Crippen molar-refractivity contribution in [2.45, 2.75) is 26.3 Å². The van der Waals surface area contributed by atoms with E-state index in [0.717, 1.165) is 24.2 Å². The lowest BCUT2D eigenvalue weighted by Crippen LogP contribution is -2.28. The summed E-state index contributed by atoms with van der Waals surface area (Å²) < 4.78 is 0. The van der Waals surface area contributed by atoms with E-state index in [2.05, 4.69) is 11.8 Å². The Hall–Kier alpha value is -1.62. The molecule has 18 heavy (non-hydrogen) atoms. The summed E-state index contributed by atoms with van der Waals surface area (Å²) in [7, 11) is 0. The lowest BCUT2D eigenvalue weighted by Gasteiger charge is -2.23. The van der Waals surface area contributed by atoms with E-state index in [1.807, 2.05) is 13.0 Å². The van der Waals surface area contributed by atoms with Gasteiger partial charge in [-0.2, -0.15) is 0 Å². The fraction of sp³-hybridized carbons (Fsp3) is 0.538. The number of nitro groups is 1. The number of rotatable bonds is 3. The van der Waals surface area contributed by atoms with Gasteiger partial charge in [0, 0.05) is 18.7 Å². The molecule has 1 saturated heterocycles. The van der Waals surface area contributed by atoms with Gasteiger partial charge >= 0.3 is 0 Å². The van der Waals surface area contributed by atoms with Crippen molar-refractivity contribution in [1.82, 2.24) is 0 Å². The molecule has 2 N–H and O–H groups in total. The highest BCUT2D eigenvalue weighted by molar-refractivity contribution is 5.65. The molecule has 5 nitrogen and oxygen atoms in total. The molecule has 1 fully saturated rings. The van der Waals surface area contributed by atoms with Crippen molar-refractivity contribution in [1.29, 1.82) is 0 Å². The maximum atomic E-state index is 11.1. The number of aryl methyl sites for hydroxylation is 1. The Morgan fingerprint density at radius 1 is 1.56 bits per heavy atom. The minimum absolute atomic E-state index is 0.185. The number of nitrogens with two attached hydrogens (primary N) is 1. The van der Waals surface area contributed by atoms with Crippen molar-refractivity contribution in [3.63, 3.8) is 0 Å². The van der Waals surface area contributed by atoms with Crippen LogP contribution in [0.15, 0.2) is 18.2 Å². The SMILES string of the molecule is Cc1ccc([N+](=O)[O-])c(N2CC(CN)CC2C)c1. The number of nitro benzene ring substituents is 1. The van der Waals surface area contributed by atoms with Crippen LogP contribution in [0.2, 0.25) is 0 Å². The van der Waals surface area contributed by atoms with Crippen LogP contribution in [0.1, 0.15) is 18.9 Å². The molecule has 2 atom stereocenters. The van der Waals surface area contributed by atoms with Crippen LogP contribution < -0.4 is 10.6 Å². The number of anilines is 1. The summed E-state index contributed by atoms with van der Waals surface area (Å²) in [6.07, 6.45) is 1.00. The van der Waals surface area contributed by atoms with Crippen molar-refractivity contribution in [3.05, 3.63) is 33.9 Å². The standard InChI is InChI=1S/C13H19N3O2/c1-9-3-4-12(16(17)18)13(5-9)15-8-11(7-14)6-10(15)2/h3-5,10-11H,6-8,14H2,1-2H3. The fourth-order valence-electron chi connectivity index (χ4n) is 2.67. The van der Waals surface area contributed by atoms with Crippen LogP contribution in [0.4, 0.5) is 11.4 Å². The van der Waals surface area contributed by atoms with Crippen molar-refractivity contribution in [2.75, 3.05) is 18.0 Å². The first-order valence-corrected chi connectivity index (χ1v) is 6.24. The average molecular weight is 249 g/mol. The number of hydrogen-bond donors (Lipinski definition) is 1. The molecule has 0 aromatic heterocycles. The molecule has 0 bridgehead atoms. The summed E-state index contributed by atoms with van der Waals surface area (Å²) in [5, 5.41) is 11.1. The van der Waals surface area contributed by atoms with Gasteiger partial charge in [-0.1, -0.05) is 6.07 Å². The van der Waals surface area contributed by atoms with Crippen molar-refractivity contribution < 1.29 is 4.92 Å². The van der Waals surface area contributed by atoms with Gasteiger partial charge in [0.2, 0.25) is 0 Å². The predicted octanol–water partition coefficient (Wildman–Crippen LogP) is 2.08. The van der Waals surface area contributed by atoms with Crippen molar-refractivity contribution >= 4 is 11.4 Å². The monoisotopic (exact) mass is 249 g/mol. The number of nitrogens with zero attached hydrogens (tertiary/aromatic N) is 2. The third-order valence-corrected chi connectivity index (χ3v) is 3.63. The fourth-order valence-corrected chi connectivity index (χ4v) is 2.67. The zero-order valence-electron chi connectivity index (χ0n) is 10.8. The average Bonchev–Trinajstić information content (AvgIpc) is 2.70. The summed E-state index contributed by atoms with van der Waals surface area (Å²) in [6, 6.07) is 5.57. The Kier molecular flexibility index (Phi) is 3.52. The van der Waals surface area contributed by atoms with Gasteiger partial charge in [0.05, 0.1) is 4.92 Å². The van der Waals surface area contributed by atoms with Crippen LogP contribution in [0.25, 0.3) is 0 Å². The normalized spacial score (nSPS) is 23.4. The lowest BCUT2D eigenvalue weighted by molar-refractivity contribution is -0.384. The summed E-state index contributed by atoms with van der Waals surface area (Å²) in [6.45, 7) is 5.50. The summed E-state index contributed by atoms with van der Waals surface area (Å²) in [4.78, 5) is 12.9. The van der Waals surface area contributed by atoms with Gasteiger partial charge in [0.1, 0.15) is 5.69 Å².